The molecule has 0 spiro atoms. The number of furan rings is 1. The third-order valence-corrected chi connectivity index (χ3v) is 4.49. The predicted octanol–water partition coefficient (Wildman–Crippen LogP) is 1.80. The minimum Gasteiger partial charge on any atom is -0.461 e. The highest BCUT2D eigenvalue weighted by atomic mass is 16.3. The molecule has 128 valence electrons. The van der Waals surface area contributed by atoms with Crippen LogP contribution < -0.4 is 0 Å². The van der Waals surface area contributed by atoms with Crippen molar-refractivity contribution in [3.8, 4) is 0 Å². The zero-order valence-electron chi connectivity index (χ0n) is 13.6. The van der Waals surface area contributed by atoms with Gasteiger partial charge in [0.2, 0.25) is 5.78 Å². The monoisotopic (exact) mass is 338 g/mol. The average Bonchev–Trinajstić information content (AvgIpc) is 3.32. The molecule has 1 fully saturated rings. The first-order chi connectivity index (χ1) is 12.2. The Morgan fingerprint density at radius 1 is 1.16 bits per heavy atom. The van der Waals surface area contributed by atoms with Gasteiger partial charge in [-0.3, -0.25) is 14.5 Å². The standard InChI is InChI=1S/C18H18N4O3/c23-16(17-2-1-9-25-17)11-21-5-7-22(8-6-21)18(24)13-3-4-14-15(10-13)20-12-19-14/h1-4,9-10,12H,5-8,11H2,(H,19,20). The molecule has 4 rings (SSSR count). The summed E-state index contributed by atoms with van der Waals surface area (Å²) in [6, 6.07) is 8.86. The number of rotatable bonds is 4. The molecular formula is C18H18N4O3. The molecule has 0 atom stereocenters. The summed E-state index contributed by atoms with van der Waals surface area (Å²) < 4.78 is 5.13. The maximum atomic E-state index is 12.7. The zero-order valence-corrected chi connectivity index (χ0v) is 13.6. The van der Waals surface area contributed by atoms with Crippen LogP contribution in [-0.2, 0) is 0 Å². The minimum atomic E-state index is -0.0329. The molecule has 2 aromatic heterocycles. The molecule has 7 nitrogen and oxygen atoms in total. The fourth-order valence-electron chi connectivity index (χ4n) is 3.08. The number of nitrogens with one attached hydrogen (secondary N) is 1. The molecule has 1 saturated heterocycles. The number of nitrogens with zero attached hydrogens (tertiary/aromatic N) is 3. The largest absolute Gasteiger partial charge is 0.461 e. The van der Waals surface area contributed by atoms with Gasteiger partial charge in [0, 0.05) is 31.7 Å². The molecule has 7 heteroatoms. The molecule has 1 aliphatic rings. The predicted molar refractivity (Wildman–Crippen MR) is 91.5 cm³/mol. The number of aromatic amines is 1. The van der Waals surface area contributed by atoms with E-state index in [1.807, 2.05) is 21.9 Å². The van der Waals surface area contributed by atoms with Gasteiger partial charge < -0.3 is 14.3 Å². The number of Topliss-reactive ketones (excluding diaryl/α,β-unsaturated/α-hetero) is 1. The molecular weight excluding hydrogens is 320 g/mol. The van der Waals surface area contributed by atoms with Crippen molar-refractivity contribution >= 4 is 22.7 Å². The van der Waals surface area contributed by atoms with E-state index in [1.54, 1.807) is 24.5 Å². The number of imidazole rings is 1. The van der Waals surface area contributed by atoms with Crippen LogP contribution in [0.2, 0.25) is 0 Å². The molecule has 1 N–H and O–H groups in total. The fraction of sp³-hybridized carbons (Fsp3) is 0.278. The van der Waals surface area contributed by atoms with Crippen molar-refractivity contribution in [3.05, 3.63) is 54.2 Å². The van der Waals surface area contributed by atoms with Gasteiger partial charge in [0.25, 0.3) is 5.91 Å². The molecule has 25 heavy (non-hydrogen) atoms. The normalized spacial score (nSPS) is 15.6. The number of hydrogen-bond acceptors (Lipinski definition) is 5. The van der Waals surface area contributed by atoms with Crippen LogP contribution in [0.4, 0.5) is 0 Å². The summed E-state index contributed by atoms with van der Waals surface area (Å²) in [4.78, 5) is 35.8. The summed E-state index contributed by atoms with van der Waals surface area (Å²) in [5.74, 6) is 0.356. The molecule has 0 saturated carbocycles. The number of H-pyrrole nitrogens is 1. The van der Waals surface area contributed by atoms with Crippen molar-refractivity contribution in [2.75, 3.05) is 32.7 Å². The Labute approximate surface area is 144 Å². The summed E-state index contributed by atoms with van der Waals surface area (Å²) in [5, 5.41) is 0. The van der Waals surface area contributed by atoms with Crippen molar-refractivity contribution in [2.24, 2.45) is 0 Å². The Kier molecular flexibility index (Phi) is 4.07. The molecule has 0 unspecified atom stereocenters. The van der Waals surface area contributed by atoms with Crippen LogP contribution in [0, 0.1) is 0 Å². The number of aromatic nitrogens is 2. The number of carbonyl (C=O) groups is 2. The van der Waals surface area contributed by atoms with Crippen LogP contribution in [0.1, 0.15) is 20.9 Å². The third kappa shape index (κ3) is 3.18. The second kappa shape index (κ2) is 6.52. The van der Waals surface area contributed by atoms with Gasteiger partial charge in [0.15, 0.2) is 5.76 Å². The fourth-order valence-corrected chi connectivity index (χ4v) is 3.08. The molecule has 0 radical (unpaired) electrons. The topological polar surface area (TPSA) is 82.4 Å². The number of amides is 1. The van der Waals surface area contributed by atoms with E-state index >= 15 is 0 Å². The lowest BCUT2D eigenvalue weighted by atomic mass is 10.1. The van der Waals surface area contributed by atoms with Crippen molar-refractivity contribution in [1.82, 2.24) is 19.8 Å². The minimum absolute atomic E-state index is 0.00788. The SMILES string of the molecule is O=C(CN1CCN(C(=O)c2ccc3nc[nH]c3c2)CC1)c1ccco1. The summed E-state index contributed by atoms with van der Waals surface area (Å²) >= 11 is 0. The number of carbonyl (C=O) groups excluding carboxylic acids is 2. The van der Waals surface area contributed by atoms with Crippen LogP contribution >= 0.6 is 0 Å². The highest BCUT2D eigenvalue weighted by molar-refractivity contribution is 5.97. The molecule has 1 amide bonds. The van der Waals surface area contributed by atoms with Crippen LogP contribution in [0.3, 0.4) is 0 Å². The number of benzene rings is 1. The average molecular weight is 338 g/mol. The lowest BCUT2D eigenvalue weighted by Crippen LogP contribution is -2.49. The second-order valence-corrected chi connectivity index (χ2v) is 6.10. The van der Waals surface area contributed by atoms with E-state index in [4.69, 9.17) is 4.42 Å². The van der Waals surface area contributed by atoms with Gasteiger partial charge >= 0.3 is 0 Å². The molecule has 1 aromatic carbocycles. The highest BCUT2D eigenvalue weighted by Crippen LogP contribution is 2.15. The van der Waals surface area contributed by atoms with E-state index in [0.29, 0.717) is 44.0 Å². The molecule has 0 bridgehead atoms. The number of hydrogen-bond donors (Lipinski definition) is 1. The van der Waals surface area contributed by atoms with E-state index in [0.717, 1.165) is 11.0 Å². The van der Waals surface area contributed by atoms with Gasteiger partial charge in [-0.25, -0.2) is 4.98 Å². The lowest BCUT2D eigenvalue weighted by molar-refractivity contribution is 0.0620. The van der Waals surface area contributed by atoms with Crippen molar-refractivity contribution in [1.29, 1.82) is 0 Å². The maximum absolute atomic E-state index is 12.7. The summed E-state index contributed by atoms with van der Waals surface area (Å²) in [7, 11) is 0. The van der Waals surface area contributed by atoms with Gasteiger partial charge in [0.05, 0.1) is 30.2 Å². The Bertz CT molecular complexity index is 892. The second-order valence-electron chi connectivity index (χ2n) is 6.10. The van der Waals surface area contributed by atoms with Gasteiger partial charge in [-0.15, -0.1) is 0 Å². The third-order valence-electron chi connectivity index (χ3n) is 4.49. The first-order valence-corrected chi connectivity index (χ1v) is 8.22. The number of fused-ring (bicyclic) bond motifs is 1. The van der Waals surface area contributed by atoms with E-state index in [-0.39, 0.29) is 11.7 Å². The van der Waals surface area contributed by atoms with Gasteiger partial charge in [-0.1, -0.05) is 0 Å². The van der Waals surface area contributed by atoms with Gasteiger partial charge in [0.1, 0.15) is 0 Å². The zero-order chi connectivity index (χ0) is 17.2. The van der Waals surface area contributed by atoms with Crippen LogP contribution in [0.15, 0.2) is 47.3 Å². The first kappa shape index (κ1) is 15.6. The Morgan fingerprint density at radius 3 is 2.76 bits per heavy atom. The maximum Gasteiger partial charge on any atom is 0.254 e. The quantitative estimate of drug-likeness (QED) is 0.734. The lowest BCUT2D eigenvalue weighted by Gasteiger charge is -2.34. The number of piperazine rings is 1. The summed E-state index contributed by atoms with van der Waals surface area (Å²) in [6.07, 6.45) is 3.12. The van der Waals surface area contributed by atoms with Crippen LogP contribution in [0.25, 0.3) is 11.0 Å². The van der Waals surface area contributed by atoms with Crippen molar-refractivity contribution in [3.63, 3.8) is 0 Å². The Morgan fingerprint density at radius 2 is 2.00 bits per heavy atom. The van der Waals surface area contributed by atoms with E-state index in [9.17, 15) is 9.59 Å². The van der Waals surface area contributed by atoms with E-state index in [1.165, 1.54) is 6.26 Å². The smallest absolute Gasteiger partial charge is 0.254 e. The van der Waals surface area contributed by atoms with Crippen molar-refractivity contribution in [2.45, 2.75) is 0 Å². The molecule has 3 heterocycles. The van der Waals surface area contributed by atoms with Crippen LogP contribution in [-0.4, -0.2) is 64.2 Å². The molecule has 3 aromatic rings. The summed E-state index contributed by atoms with van der Waals surface area (Å²) in [5.41, 5.74) is 2.35. The number of ketones is 1. The Balaban J connectivity index is 1.36. The van der Waals surface area contributed by atoms with E-state index < -0.39 is 0 Å². The molecule has 0 aliphatic carbocycles. The van der Waals surface area contributed by atoms with Crippen molar-refractivity contribution < 1.29 is 14.0 Å². The molecule has 1 aliphatic heterocycles. The van der Waals surface area contributed by atoms with Gasteiger partial charge in [-0.2, -0.15) is 0 Å². The first-order valence-electron chi connectivity index (χ1n) is 8.22. The van der Waals surface area contributed by atoms with Crippen LogP contribution in [0.5, 0.6) is 0 Å². The summed E-state index contributed by atoms with van der Waals surface area (Å²) in [6.45, 7) is 2.86. The highest BCUT2D eigenvalue weighted by Gasteiger charge is 2.24. The van der Waals surface area contributed by atoms with Gasteiger partial charge in [-0.05, 0) is 30.3 Å². The van der Waals surface area contributed by atoms with E-state index in [2.05, 4.69) is 9.97 Å². The Hall–Kier alpha value is -2.93.